The Kier molecular flexibility index (Phi) is 9.19. The van der Waals surface area contributed by atoms with Crippen molar-refractivity contribution in [2.24, 2.45) is 5.92 Å². The molecule has 1 saturated heterocycles. The zero-order valence-electron chi connectivity index (χ0n) is 24.1. The molecule has 0 aromatic heterocycles. The number of ether oxygens (including phenoxy) is 5. The minimum absolute atomic E-state index is 0.0279. The summed E-state index contributed by atoms with van der Waals surface area (Å²) in [5, 5.41) is 0. The number of ketones is 1. The van der Waals surface area contributed by atoms with E-state index < -0.39 is 30.2 Å². The van der Waals surface area contributed by atoms with Crippen LogP contribution in [0.1, 0.15) is 27.1 Å². The van der Waals surface area contributed by atoms with Crippen molar-refractivity contribution in [3.63, 3.8) is 0 Å². The third kappa shape index (κ3) is 7.04. The Labute approximate surface area is 253 Å². The Morgan fingerprint density at radius 1 is 0.750 bits per heavy atom. The molecule has 0 spiro atoms. The van der Waals surface area contributed by atoms with E-state index in [1.807, 2.05) is 12.1 Å². The standard InChI is InChI=1S/C34H29NO9/c1-40-28-7-5-6-23(18-28)34(39)44-27-14-10-22(11-15-27)29(36)21-42-33(38)24-19-32(37)35(20-24)25-12-16-26(17-13-25)43-31-9-4-3-8-30(31)41-2/h3-18,24H,19-21H2,1-2H3/t24-/m1/s1. The maximum absolute atomic E-state index is 12.7. The van der Waals surface area contributed by atoms with Gasteiger partial charge in [0.05, 0.1) is 25.7 Å². The van der Waals surface area contributed by atoms with Crippen LogP contribution in [0.25, 0.3) is 0 Å². The summed E-state index contributed by atoms with van der Waals surface area (Å²) in [6, 6.07) is 26.6. The van der Waals surface area contributed by atoms with Crippen LogP contribution in [0, 0.1) is 5.92 Å². The first-order chi connectivity index (χ1) is 21.3. The molecule has 0 radical (unpaired) electrons. The van der Waals surface area contributed by atoms with Gasteiger partial charge in [0.2, 0.25) is 5.91 Å². The van der Waals surface area contributed by atoms with Crippen LogP contribution in [0.2, 0.25) is 0 Å². The number of hydrogen-bond donors (Lipinski definition) is 0. The number of methoxy groups -OCH3 is 2. The molecule has 1 aliphatic heterocycles. The van der Waals surface area contributed by atoms with Crippen molar-refractivity contribution >= 4 is 29.3 Å². The van der Waals surface area contributed by atoms with Gasteiger partial charge in [0.25, 0.3) is 0 Å². The van der Waals surface area contributed by atoms with Crippen LogP contribution < -0.4 is 23.8 Å². The van der Waals surface area contributed by atoms with E-state index in [1.54, 1.807) is 67.8 Å². The lowest BCUT2D eigenvalue weighted by atomic mass is 10.1. The second kappa shape index (κ2) is 13.6. The highest BCUT2D eigenvalue weighted by atomic mass is 16.5. The van der Waals surface area contributed by atoms with Crippen molar-refractivity contribution in [3.8, 4) is 28.7 Å². The maximum Gasteiger partial charge on any atom is 0.343 e. The molecule has 1 heterocycles. The molecule has 1 aliphatic rings. The fourth-order valence-electron chi connectivity index (χ4n) is 4.60. The highest BCUT2D eigenvalue weighted by molar-refractivity contribution is 6.01. The van der Waals surface area contributed by atoms with E-state index in [0.717, 1.165) is 0 Å². The smallest absolute Gasteiger partial charge is 0.343 e. The number of carbonyl (C=O) groups excluding carboxylic acids is 4. The third-order valence-corrected chi connectivity index (χ3v) is 6.94. The van der Waals surface area contributed by atoms with Gasteiger partial charge < -0.3 is 28.6 Å². The Bertz CT molecular complexity index is 1670. The zero-order valence-corrected chi connectivity index (χ0v) is 24.1. The number of amides is 1. The van der Waals surface area contributed by atoms with Crippen molar-refractivity contribution < 1.29 is 42.9 Å². The second-order valence-electron chi connectivity index (χ2n) is 9.83. The molecule has 1 fully saturated rings. The third-order valence-electron chi connectivity index (χ3n) is 6.94. The van der Waals surface area contributed by atoms with E-state index in [-0.39, 0.29) is 30.2 Å². The number of hydrogen-bond acceptors (Lipinski definition) is 9. The van der Waals surface area contributed by atoms with Gasteiger partial charge >= 0.3 is 11.9 Å². The largest absolute Gasteiger partial charge is 0.497 e. The van der Waals surface area contributed by atoms with Crippen molar-refractivity contribution in [2.75, 3.05) is 32.3 Å². The van der Waals surface area contributed by atoms with Gasteiger partial charge in [-0.25, -0.2) is 4.79 Å². The first-order valence-corrected chi connectivity index (χ1v) is 13.7. The normalized spacial score (nSPS) is 14.1. The molecule has 0 bridgehead atoms. The maximum atomic E-state index is 12.7. The molecular weight excluding hydrogens is 566 g/mol. The predicted molar refractivity (Wildman–Crippen MR) is 160 cm³/mol. The highest BCUT2D eigenvalue weighted by Gasteiger charge is 2.36. The van der Waals surface area contributed by atoms with E-state index >= 15 is 0 Å². The number of rotatable bonds is 11. The minimum atomic E-state index is -0.710. The van der Waals surface area contributed by atoms with Crippen LogP contribution in [0.5, 0.6) is 28.7 Å². The van der Waals surface area contributed by atoms with Crippen LogP contribution in [0.4, 0.5) is 5.69 Å². The Hall–Kier alpha value is -5.64. The molecular formula is C34H29NO9. The molecule has 10 heteroatoms. The summed E-state index contributed by atoms with van der Waals surface area (Å²) in [6.07, 6.45) is -0.0279. The van der Waals surface area contributed by atoms with Crippen molar-refractivity contribution in [1.82, 2.24) is 0 Å². The van der Waals surface area contributed by atoms with E-state index in [4.69, 9.17) is 23.7 Å². The average molecular weight is 596 g/mol. The van der Waals surface area contributed by atoms with Gasteiger partial charge in [-0.15, -0.1) is 0 Å². The number of Topliss-reactive ketones (excluding diaryl/α,β-unsaturated/α-hetero) is 1. The summed E-state index contributed by atoms with van der Waals surface area (Å²) in [5.74, 6) is -0.101. The van der Waals surface area contributed by atoms with Crippen molar-refractivity contribution in [2.45, 2.75) is 6.42 Å². The van der Waals surface area contributed by atoms with Crippen molar-refractivity contribution in [3.05, 3.63) is 108 Å². The van der Waals surface area contributed by atoms with Crippen LogP contribution >= 0.6 is 0 Å². The van der Waals surface area contributed by atoms with Gasteiger partial charge in [-0.2, -0.15) is 0 Å². The lowest BCUT2D eigenvalue weighted by Gasteiger charge is -2.17. The molecule has 1 atom stereocenters. The van der Waals surface area contributed by atoms with Crippen molar-refractivity contribution in [1.29, 1.82) is 0 Å². The number of nitrogens with zero attached hydrogens (tertiary/aromatic N) is 1. The Balaban J connectivity index is 1.11. The van der Waals surface area contributed by atoms with Crippen LogP contribution in [0.15, 0.2) is 97.1 Å². The SMILES string of the molecule is COc1cccc(C(=O)Oc2ccc(C(=O)COC(=O)[C@@H]3CC(=O)N(c4ccc(Oc5ccccc5OC)cc4)C3)cc2)c1. The number of carbonyl (C=O) groups is 4. The number of anilines is 1. The van der Waals surface area contributed by atoms with E-state index in [9.17, 15) is 19.2 Å². The summed E-state index contributed by atoms with van der Waals surface area (Å²) in [7, 11) is 3.06. The molecule has 224 valence electrons. The van der Waals surface area contributed by atoms with Gasteiger partial charge in [-0.3, -0.25) is 14.4 Å². The molecule has 44 heavy (non-hydrogen) atoms. The number of para-hydroxylation sites is 2. The minimum Gasteiger partial charge on any atom is -0.497 e. The second-order valence-corrected chi connectivity index (χ2v) is 9.83. The summed E-state index contributed by atoms with van der Waals surface area (Å²) < 4.78 is 26.9. The van der Waals surface area contributed by atoms with Gasteiger partial charge in [0, 0.05) is 24.2 Å². The van der Waals surface area contributed by atoms with Crippen LogP contribution in [0.3, 0.4) is 0 Å². The predicted octanol–water partition coefficient (Wildman–Crippen LogP) is 5.49. The van der Waals surface area contributed by atoms with E-state index in [2.05, 4.69) is 0 Å². The quantitative estimate of drug-likeness (QED) is 0.126. The summed E-state index contributed by atoms with van der Waals surface area (Å²) >= 11 is 0. The molecule has 0 saturated carbocycles. The first kappa shape index (κ1) is 29.8. The Morgan fingerprint density at radius 3 is 2.16 bits per heavy atom. The van der Waals surface area contributed by atoms with E-state index in [1.165, 1.54) is 36.3 Å². The highest BCUT2D eigenvalue weighted by Crippen LogP contribution is 2.33. The van der Waals surface area contributed by atoms with Gasteiger partial charge in [-0.1, -0.05) is 18.2 Å². The molecule has 4 aromatic carbocycles. The zero-order chi connectivity index (χ0) is 31.1. The van der Waals surface area contributed by atoms with Gasteiger partial charge in [0.1, 0.15) is 17.2 Å². The summed E-state index contributed by atoms with van der Waals surface area (Å²) in [4.78, 5) is 52.0. The molecule has 4 aromatic rings. The number of benzene rings is 4. The summed E-state index contributed by atoms with van der Waals surface area (Å²) in [5.41, 5.74) is 1.20. The lowest BCUT2D eigenvalue weighted by Crippen LogP contribution is -2.27. The first-order valence-electron chi connectivity index (χ1n) is 13.7. The molecule has 1 amide bonds. The lowest BCUT2D eigenvalue weighted by molar-refractivity contribution is -0.147. The molecule has 0 N–H and O–H groups in total. The molecule has 10 nitrogen and oxygen atoms in total. The fourth-order valence-corrected chi connectivity index (χ4v) is 4.60. The van der Waals surface area contributed by atoms with Crippen LogP contribution in [-0.2, 0) is 14.3 Å². The Morgan fingerprint density at radius 2 is 1.45 bits per heavy atom. The van der Waals surface area contributed by atoms with E-state index in [0.29, 0.717) is 34.2 Å². The van der Waals surface area contributed by atoms with Gasteiger partial charge in [-0.05, 0) is 78.9 Å². The molecule has 0 unspecified atom stereocenters. The monoisotopic (exact) mass is 595 g/mol. The average Bonchev–Trinajstić information content (AvgIpc) is 3.45. The topological polar surface area (TPSA) is 118 Å². The molecule has 5 rings (SSSR count). The molecule has 0 aliphatic carbocycles. The summed E-state index contributed by atoms with van der Waals surface area (Å²) in [6.45, 7) is -0.354. The van der Waals surface area contributed by atoms with Crippen LogP contribution in [-0.4, -0.2) is 51.0 Å². The van der Waals surface area contributed by atoms with Gasteiger partial charge in [0.15, 0.2) is 23.9 Å². The fraction of sp³-hybridized carbons (Fsp3) is 0.176. The number of esters is 2.